The Kier molecular flexibility index (Phi) is 6.82. The molecule has 0 fully saturated rings. The number of anilines is 1. The second-order valence-electron chi connectivity index (χ2n) is 6.99. The molecule has 0 bridgehead atoms. The summed E-state index contributed by atoms with van der Waals surface area (Å²) in [6.45, 7) is 3.31. The van der Waals surface area contributed by atoms with E-state index < -0.39 is 18.5 Å². The highest BCUT2D eigenvalue weighted by atomic mass is 16.5. The van der Waals surface area contributed by atoms with Gasteiger partial charge in [-0.05, 0) is 55.3 Å². The number of para-hydroxylation sites is 1. The van der Waals surface area contributed by atoms with Crippen LogP contribution in [0.3, 0.4) is 0 Å². The van der Waals surface area contributed by atoms with Gasteiger partial charge in [0.25, 0.3) is 5.91 Å². The Bertz CT molecular complexity index is 1100. The number of nitrogens with one attached hydrogen (secondary N) is 1. The summed E-state index contributed by atoms with van der Waals surface area (Å²) >= 11 is 0. The highest BCUT2D eigenvalue weighted by Crippen LogP contribution is 2.20. The molecular weight excluding hydrogens is 394 g/mol. The molecule has 0 atom stereocenters. The summed E-state index contributed by atoms with van der Waals surface area (Å²) in [6.07, 6.45) is 0. The molecular formula is C25H23NO5. The van der Waals surface area contributed by atoms with Crippen LogP contribution in [0.4, 0.5) is 5.69 Å². The molecule has 1 N–H and O–H groups in total. The van der Waals surface area contributed by atoms with E-state index in [2.05, 4.69) is 5.32 Å². The van der Waals surface area contributed by atoms with Gasteiger partial charge in [-0.1, -0.05) is 36.4 Å². The van der Waals surface area contributed by atoms with Gasteiger partial charge in [0.15, 0.2) is 12.4 Å². The van der Waals surface area contributed by atoms with E-state index in [-0.39, 0.29) is 16.9 Å². The molecule has 0 aliphatic heterocycles. The molecule has 6 nitrogen and oxygen atoms in total. The number of carbonyl (C=O) groups is 3. The molecule has 0 saturated heterocycles. The Labute approximate surface area is 180 Å². The first-order chi connectivity index (χ1) is 14.9. The number of carbonyl (C=O) groups excluding carboxylic acids is 3. The fourth-order valence-electron chi connectivity index (χ4n) is 3.15. The van der Waals surface area contributed by atoms with E-state index in [1.54, 1.807) is 49.6 Å². The first-order valence-corrected chi connectivity index (χ1v) is 9.71. The van der Waals surface area contributed by atoms with E-state index in [0.717, 1.165) is 11.1 Å². The maximum Gasteiger partial charge on any atom is 0.339 e. The Hall–Kier alpha value is -3.93. The topological polar surface area (TPSA) is 81.7 Å². The average Bonchev–Trinajstić information content (AvgIpc) is 2.79. The maximum atomic E-state index is 12.9. The zero-order chi connectivity index (χ0) is 22.4. The van der Waals surface area contributed by atoms with Crippen LogP contribution in [-0.2, 0) is 9.53 Å². The molecule has 0 aliphatic carbocycles. The normalized spacial score (nSPS) is 10.3. The number of aryl methyl sites for hydroxylation is 2. The van der Waals surface area contributed by atoms with Crippen molar-refractivity contribution in [3.8, 4) is 5.75 Å². The summed E-state index contributed by atoms with van der Waals surface area (Å²) in [5.74, 6) is -0.895. The van der Waals surface area contributed by atoms with Crippen LogP contribution in [0.5, 0.6) is 5.75 Å². The Balaban J connectivity index is 1.71. The molecule has 0 aromatic heterocycles. The van der Waals surface area contributed by atoms with Gasteiger partial charge in [-0.25, -0.2) is 4.79 Å². The lowest BCUT2D eigenvalue weighted by molar-refractivity contribution is -0.119. The fraction of sp³-hybridized carbons (Fsp3) is 0.160. The SMILES string of the molecule is COc1ccc(C(=O)c2ccccc2C(=O)OCC(=O)Nc2c(C)cccc2C)cc1. The van der Waals surface area contributed by atoms with E-state index in [0.29, 0.717) is 17.0 Å². The number of rotatable bonds is 7. The van der Waals surface area contributed by atoms with Crippen molar-refractivity contribution < 1.29 is 23.9 Å². The lowest BCUT2D eigenvalue weighted by atomic mass is 9.98. The quantitative estimate of drug-likeness (QED) is 0.457. The van der Waals surface area contributed by atoms with Crippen molar-refractivity contribution >= 4 is 23.3 Å². The van der Waals surface area contributed by atoms with Crippen molar-refractivity contribution in [1.29, 1.82) is 0 Å². The Morgan fingerprint density at radius 1 is 0.806 bits per heavy atom. The molecule has 158 valence electrons. The van der Waals surface area contributed by atoms with Gasteiger partial charge in [-0.3, -0.25) is 9.59 Å². The maximum absolute atomic E-state index is 12.9. The van der Waals surface area contributed by atoms with Crippen LogP contribution in [0.25, 0.3) is 0 Å². The standard InChI is InChI=1S/C25H23NO5/c1-16-7-6-8-17(2)23(16)26-22(27)15-31-25(29)21-10-5-4-9-20(21)24(28)18-11-13-19(30-3)14-12-18/h4-14H,15H2,1-3H3,(H,26,27). The van der Waals surface area contributed by atoms with Crippen LogP contribution in [0.1, 0.15) is 37.4 Å². The molecule has 0 spiro atoms. The van der Waals surface area contributed by atoms with E-state index in [1.165, 1.54) is 6.07 Å². The first-order valence-electron chi connectivity index (χ1n) is 9.71. The van der Waals surface area contributed by atoms with E-state index >= 15 is 0 Å². The number of ketones is 1. The molecule has 1 amide bonds. The van der Waals surface area contributed by atoms with Crippen molar-refractivity contribution in [1.82, 2.24) is 0 Å². The van der Waals surface area contributed by atoms with Crippen LogP contribution >= 0.6 is 0 Å². The van der Waals surface area contributed by atoms with Crippen molar-refractivity contribution in [3.05, 3.63) is 94.5 Å². The van der Waals surface area contributed by atoms with Crippen LogP contribution in [0, 0.1) is 13.8 Å². The number of benzene rings is 3. The van der Waals surface area contributed by atoms with Crippen LogP contribution in [0.15, 0.2) is 66.7 Å². The zero-order valence-corrected chi connectivity index (χ0v) is 17.6. The minimum Gasteiger partial charge on any atom is -0.497 e. The van der Waals surface area contributed by atoms with Gasteiger partial charge in [-0.15, -0.1) is 0 Å². The lowest BCUT2D eigenvalue weighted by Gasteiger charge is -2.12. The zero-order valence-electron chi connectivity index (χ0n) is 17.6. The largest absolute Gasteiger partial charge is 0.497 e. The van der Waals surface area contributed by atoms with Crippen molar-refractivity contribution in [3.63, 3.8) is 0 Å². The second-order valence-corrected chi connectivity index (χ2v) is 6.99. The predicted octanol–water partition coefficient (Wildman–Crippen LogP) is 4.34. The third kappa shape index (κ3) is 5.17. The summed E-state index contributed by atoms with van der Waals surface area (Å²) in [7, 11) is 1.54. The van der Waals surface area contributed by atoms with Gasteiger partial charge in [0.2, 0.25) is 0 Å². The van der Waals surface area contributed by atoms with Gasteiger partial charge < -0.3 is 14.8 Å². The lowest BCUT2D eigenvalue weighted by Crippen LogP contribution is -2.22. The van der Waals surface area contributed by atoms with E-state index in [4.69, 9.17) is 9.47 Å². The average molecular weight is 417 g/mol. The van der Waals surface area contributed by atoms with E-state index in [9.17, 15) is 14.4 Å². The van der Waals surface area contributed by atoms with Gasteiger partial charge in [0, 0.05) is 16.8 Å². The molecule has 3 aromatic rings. The molecule has 0 radical (unpaired) electrons. The first kappa shape index (κ1) is 21.8. The molecule has 0 aliphatic rings. The van der Waals surface area contributed by atoms with Crippen molar-refractivity contribution in [2.45, 2.75) is 13.8 Å². The summed E-state index contributed by atoms with van der Waals surface area (Å²) in [6, 6.07) is 18.6. The molecule has 3 aromatic carbocycles. The number of hydrogen-bond acceptors (Lipinski definition) is 5. The summed E-state index contributed by atoms with van der Waals surface area (Å²) in [4.78, 5) is 37.8. The minimum atomic E-state index is -0.742. The highest BCUT2D eigenvalue weighted by molar-refractivity contribution is 6.14. The van der Waals surface area contributed by atoms with Crippen LogP contribution < -0.4 is 10.1 Å². The second kappa shape index (κ2) is 9.71. The Morgan fingerprint density at radius 3 is 2.03 bits per heavy atom. The third-order valence-corrected chi connectivity index (χ3v) is 4.82. The number of hydrogen-bond donors (Lipinski definition) is 1. The van der Waals surface area contributed by atoms with Gasteiger partial charge in [0.1, 0.15) is 5.75 Å². The number of esters is 1. The molecule has 6 heteroatoms. The van der Waals surface area contributed by atoms with Crippen molar-refractivity contribution in [2.24, 2.45) is 0 Å². The van der Waals surface area contributed by atoms with Crippen molar-refractivity contribution in [2.75, 3.05) is 19.0 Å². The van der Waals surface area contributed by atoms with Gasteiger partial charge in [0.05, 0.1) is 12.7 Å². The van der Waals surface area contributed by atoms with Crippen LogP contribution in [0.2, 0.25) is 0 Å². The summed E-state index contributed by atoms with van der Waals surface area (Å²) < 4.78 is 10.3. The number of ether oxygens (including phenoxy) is 2. The summed E-state index contributed by atoms with van der Waals surface area (Å²) in [5.41, 5.74) is 3.23. The Morgan fingerprint density at radius 2 is 1.42 bits per heavy atom. The fourth-order valence-corrected chi connectivity index (χ4v) is 3.15. The summed E-state index contributed by atoms with van der Waals surface area (Å²) in [5, 5.41) is 2.76. The third-order valence-electron chi connectivity index (χ3n) is 4.82. The van der Waals surface area contributed by atoms with Gasteiger partial charge in [-0.2, -0.15) is 0 Å². The monoisotopic (exact) mass is 417 g/mol. The number of methoxy groups -OCH3 is 1. The van der Waals surface area contributed by atoms with Crippen LogP contribution in [-0.4, -0.2) is 31.4 Å². The highest BCUT2D eigenvalue weighted by Gasteiger charge is 2.20. The molecule has 0 saturated carbocycles. The molecule has 0 heterocycles. The minimum absolute atomic E-state index is 0.100. The number of amides is 1. The molecule has 31 heavy (non-hydrogen) atoms. The smallest absolute Gasteiger partial charge is 0.339 e. The van der Waals surface area contributed by atoms with E-state index in [1.807, 2.05) is 32.0 Å². The molecule has 3 rings (SSSR count). The molecule has 0 unspecified atom stereocenters. The van der Waals surface area contributed by atoms with Gasteiger partial charge >= 0.3 is 5.97 Å². The predicted molar refractivity (Wildman–Crippen MR) is 118 cm³/mol.